The van der Waals surface area contributed by atoms with Gasteiger partial charge in [0.25, 0.3) is 0 Å². The van der Waals surface area contributed by atoms with Crippen molar-refractivity contribution >= 4 is 55.7 Å². The smallest absolute Gasteiger partial charge is 0.234 e. The van der Waals surface area contributed by atoms with Crippen molar-refractivity contribution in [1.82, 2.24) is 29.0 Å². The van der Waals surface area contributed by atoms with E-state index in [-0.39, 0.29) is 12.1 Å². The second kappa shape index (κ2) is 20.8. The number of hydrogen-bond donors (Lipinski definition) is 2. The van der Waals surface area contributed by atoms with Gasteiger partial charge in [0, 0.05) is 58.4 Å². The Balaban J connectivity index is 0.000000181. The second-order valence-electron chi connectivity index (χ2n) is 15.8. The highest BCUT2D eigenvalue weighted by Crippen LogP contribution is 2.31. The zero-order valence-electron chi connectivity index (χ0n) is 34.4. The van der Waals surface area contributed by atoms with E-state index in [9.17, 15) is 16.8 Å². The Labute approximate surface area is 364 Å². The molecule has 3 aromatic carbocycles. The van der Waals surface area contributed by atoms with Gasteiger partial charge in [0.05, 0.1) is 35.9 Å². The van der Waals surface area contributed by atoms with Crippen molar-refractivity contribution in [3.8, 4) is 0 Å². The molecule has 2 atom stereocenters. The molecule has 0 amide bonds. The highest BCUT2D eigenvalue weighted by molar-refractivity contribution is 7.98. The average Bonchev–Trinajstić information content (AvgIpc) is 3.79. The van der Waals surface area contributed by atoms with Crippen molar-refractivity contribution in [3.63, 3.8) is 0 Å². The molecule has 0 saturated heterocycles. The van der Waals surface area contributed by atoms with Gasteiger partial charge in [0.2, 0.25) is 20.0 Å². The summed E-state index contributed by atoms with van der Waals surface area (Å²) in [7, 11) is -7.10. The molecule has 4 heterocycles. The first-order chi connectivity index (χ1) is 29.0. The zero-order valence-corrected chi connectivity index (χ0v) is 37.7. The number of nitrogens with zero attached hydrogens (tertiary/aromatic N) is 4. The molecule has 3 aliphatic rings. The Morgan fingerprint density at radius 3 is 1.58 bits per heavy atom. The number of aryl methyl sites for hydroxylation is 2. The molecule has 318 valence electrons. The van der Waals surface area contributed by atoms with Gasteiger partial charge >= 0.3 is 0 Å². The van der Waals surface area contributed by atoms with Crippen LogP contribution in [0.25, 0.3) is 12.2 Å². The fourth-order valence-corrected chi connectivity index (χ4v) is 12.2. The quantitative estimate of drug-likeness (QED) is 0.113. The van der Waals surface area contributed by atoms with Crippen LogP contribution in [0.15, 0.2) is 102 Å². The molecule has 14 heteroatoms. The van der Waals surface area contributed by atoms with Crippen molar-refractivity contribution in [2.75, 3.05) is 11.5 Å². The normalized spacial score (nSPS) is 17.2. The van der Waals surface area contributed by atoms with Gasteiger partial charge in [-0.3, -0.25) is 9.36 Å². The summed E-state index contributed by atoms with van der Waals surface area (Å²) < 4.78 is 60.5. The number of nitrogens with one attached hydrogen (secondary N) is 2. The zero-order chi connectivity index (χ0) is 42.0. The highest BCUT2D eigenvalue weighted by Gasteiger charge is 2.25. The summed E-state index contributed by atoms with van der Waals surface area (Å²) in [6.07, 6.45) is 11.2. The molecule has 5 aromatic rings. The van der Waals surface area contributed by atoms with Crippen molar-refractivity contribution < 1.29 is 16.8 Å². The fourth-order valence-electron chi connectivity index (χ4n) is 8.09. The lowest BCUT2D eigenvalue weighted by Crippen LogP contribution is -2.37. The molecule has 10 nitrogen and oxygen atoms in total. The second-order valence-corrected chi connectivity index (χ2v) is 21.2. The largest absolute Gasteiger partial charge is 0.260 e. The molecule has 0 bridgehead atoms. The van der Waals surface area contributed by atoms with E-state index in [2.05, 4.69) is 33.7 Å². The topological polar surface area (TPSA) is 128 Å². The summed E-state index contributed by atoms with van der Waals surface area (Å²) in [5.74, 6) is 4.30. The first-order valence-electron chi connectivity index (χ1n) is 20.9. The number of aromatic nitrogens is 4. The molecule has 1 saturated carbocycles. The third-order valence-corrected chi connectivity index (χ3v) is 15.7. The van der Waals surface area contributed by atoms with Crippen molar-refractivity contribution in [1.29, 1.82) is 0 Å². The molecule has 2 aliphatic heterocycles. The van der Waals surface area contributed by atoms with Gasteiger partial charge in [-0.2, -0.15) is 33.7 Å². The first kappa shape index (κ1) is 44.1. The molecular weight excluding hydrogens is 829 g/mol. The molecule has 60 heavy (non-hydrogen) atoms. The van der Waals surface area contributed by atoms with Crippen LogP contribution >= 0.6 is 23.5 Å². The van der Waals surface area contributed by atoms with Crippen molar-refractivity contribution in [2.24, 2.45) is 5.92 Å². The number of sulfonamides is 2. The SMILES string of the molecule is C[C@@H](NS(=O)(=O)/C=C/c1c2c(nn1Cc1ccccc1)CCSC2)C1CCCCC1.C[C@H](NS(=O)(=O)/C=C/c1c2c(nn1Cc1ccccc1)CCSC2)c1ccccc1. The van der Waals surface area contributed by atoms with Crippen LogP contribution < -0.4 is 9.44 Å². The molecule has 0 radical (unpaired) electrons. The summed E-state index contributed by atoms with van der Waals surface area (Å²) in [5.41, 5.74) is 9.51. The van der Waals surface area contributed by atoms with Gasteiger partial charge in [-0.15, -0.1) is 0 Å². The van der Waals surface area contributed by atoms with Crippen molar-refractivity contribution in [3.05, 3.63) is 152 Å². The predicted molar refractivity (Wildman–Crippen MR) is 248 cm³/mol. The summed E-state index contributed by atoms with van der Waals surface area (Å²) in [4.78, 5) is 0. The number of fused-ring (bicyclic) bond motifs is 2. The summed E-state index contributed by atoms with van der Waals surface area (Å²) in [6.45, 7) is 5.11. The fraction of sp³-hybridized carbons (Fsp3) is 0.391. The maximum Gasteiger partial charge on any atom is 0.234 e. The first-order valence-corrected chi connectivity index (χ1v) is 26.3. The van der Waals surface area contributed by atoms with Gasteiger partial charge in [-0.05, 0) is 73.0 Å². The Kier molecular flexibility index (Phi) is 15.3. The molecular formula is C46H56N6O4S4. The van der Waals surface area contributed by atoms with Gasteiger partial charge in [-0.25, -0.2) is 26.3 Å². The van der Waals surface area contributed by atoms with Crippen LogP contribution in [0.3, 0.4) is 0 Å². The Hall–Kier alpha value is -3.92. The molecule has 0 unspecified atom stereocenters. The lowest BCUT2D eigenvalue weighted by Gasteiger charge is -2.27. The Morgan fingerprint density at radius 2 is 1.10 bits per heavy atom. The maximum absolute atomic E-state index is 12.8. The van der Waals surface area contributed by atoms with E-state index in [0.29, 0.717) is 19.0 Å². The highest BCUT2D eigenvalue weighted by atomic mass is 32.2. The minimum atomic E-state index is -3.60. The Morgan fingerprint density at radius 1 is 0.650 bits per heavy atom. The molecule has 2 aromatic heterocycles. The van der Waals surface area contributed by atoms with E-state index in [4.69, 9.17) is 10.2 Å². The number of thioether (sulfide) groups is 2. The maximum atomic E-state index is 12.8. The third kappa shape index (κ3) is 12.1. The molecule has 0 spiro atoms. The summed E-state index contributed by atoms with van der Waals surface area (Å²) in [6, 6.07) is 29.5. The number of hydrogen-bond acceptors (Lipinski definition) is 8. The molecule has 1 fully saturated rings. The predicted octanol–water partition coefficient (Wildman–Crippen LogP) is 8.95. The molecule has 8 rings (SSSR count). The van der Waals surface area contributed by atoms with Crippen LogP contribution in [0.5, 0.6) is 0 Å². The van der Waals surface area contributed by atoms with Gasteiger partial charge in [-0.1, -0.05) is 110 Å². The molecule has 1 aliphatic carbocycles. The number of rotatable bonds is 14. The molecule has 2 N–H and O–H groups in total. The van der Waals surface area contributed by atoms with Crippen LogP contribution in [-0.2, 0) is 57.5 Å². The van der Waals surface area contributed by atoms with E-state index in [1.807, 2.05) is 113 Å². The minimum absolute atomic E-state index is 0.0290. The van der Waals surface area contributed by atoms with Crippen LogP contribution in [0, 0.1) is 5.92 Å². The minimum Gasteiger partial charge on any atom is -0.260 e. The van der Waals surface area contributed by atoms with Gasteiger partial charge < -0.3 is 0 Å². The third-order valence-electron chi connectivity index (χ3n) is 11.3. The lowest BCUT2D eigenvalue weighted by atomic mass is 9.85. The van der Waals surface area contributed by atoms with E-state index in [0.717, 1.165) is 93.7 Å². The van der Waals surface area contributed by atoms with Crippen molar-refractivity contribution in [2.45, 2.75) is 95.5 Å². The van der Waals surface area contributed by atoms with Crippen LogP contribution in [-0.4, -0.2) is 53.9 Å². The van der Waals surface area contributed by atoms with Crippen LogP contribution in [0.2, 0.25) is 0 Å². The summed E-state index contributed by atoms with van der Waals surface area (Å²) >= 11 is 3.74. The van der Waals surface area contributed by atoms with E-state index >= 15 is 0 Å². The van der Waals surface area contributed by atoms with E-state index < -0.39 is 20.0 Å². The standard InChI is InChI=1S/C23H31N3O2S2.C23H25N3O2S2/c2*1-18(20-10-6-3-7-11-20)25-30(27,28)15-13-23-21-17-29-14-12-22(21)24-26(23)16-19-8-4-2-5-9-19/h2,4-5,8-9,13,15,18,20,25H,3,6-7,10-12,14,16-17H2,1H3;2-11,13,15,18,25H,12,14,16-17H2,1H3/b2*15-13+/t2*18-/m10/s1. The van der Waals surface area contributed by atoms with Crippen LogP contribution in [0.4, 0.5) is 0 Å². The lowest BCUT2D eigenvalue weighted by molar-refractivity contribution is 0.303. The Bertz CT molecular complexity index is 2450. The van der Waals surface area contributed by atoms with E-state index in [1.54, 1.807) is 12.2 Å². The van der Waals surface area contributed by atoms with Gasteiger partial charge in [0.1, 0.15) is 0 Å². The van der Waals surface area contributed by atoms with E-state index in [1.165, 1.54) is 35.6 Å². The van der Waals surface area contributed by atoms with Crippen LogP contribution in [0.1, 0.15) is 103 Å². The average molecular weight is 885 g/mol. The number of benzene rings is 3. The summed E-state index contributed by atoms with van der Waals surface area (Å²) in [5, 5.41) is 12.2. The van der Waals surface area contributed by atoms with Gasteiger partial charge in [0.15, 0.2) is 0 Å². The monoisotopic (exact) mass is 884 g/mol.